The van der Waals surface area contributed by atoms with E-state index < -0.39 is 0 Å². The van der Waals surface area contributed by atoms with E-state index in [-0.39, 0.29) is 11.8 Å². The molecule has 2 rings (SSSR count). The summed E-state index contributed by atoms with van der Waals surface area (Å²) in [4.78, 5) is 14.1. The molecule has 1 saturated heterocycles. The number of benzene rings is 1. The third-order valence-electron chi connectivity index (χ3n) is 3.75. The summed E-state index contributed by atoms with van der Waals surface area (Å²) in [6.07, 6.45) is 2.34. The van der Waals surface area contributed by atoms with Gasteiger partial charge in [-0.25, -0.2) is 9.18 Å². The average Bonchev–Trinajstić information content (AvgIpc) is 2.90. The Morgan fingerprint density at radius 3 is 3.05 bits per heavy atom. The van der Waals surface area contributed by atoms with Gasteiger partial charge in [-0.2, -0.15) is 0 Å². The van der Waals surface area contributed by atoms with Gasteiger partial charge in [-0.05, 0) is 43.6 Å². The molecule has 2 amide bonds. The van der Waals surface area contributed by atoms with E-state index in [1.54, 1.807) is 12.1 Å². The molecular formula is C15H22FN3O. The second kappa shape index (κ2) is 7.24. The molecule has 0 bridgehead atoms. The Hall–Kier alpha value is -1.62. The summed E-state index contributed by atoms with van der Waals surface area (Å²) in [6, 6.07) is 6.50. The number of carbonyl (C=O) groups excluding carboxylic acids is 1. The first-order chi connectivity index (χ1) is 9.69. The zero-order chi connectivity index (χ0) is 14.4. The molecule has 0 aromatic heterocycles. The van der Waals surface area contributed by atoms with Gasteiger partial charge < -0.3 is 10.6 Å². The number of rotatable bonds is 5. The zero-order valence-corrected chi connectivity index (χ0v) is 11.9. The van der Waals surface area contributed by atoms with Crippen molar-refractivity contribution in [2.75, 3.05) is 19.6 Å². The van der Waals surface area contributed by atoms with E-state index in [1.165, 1.54) is 18.6 Å². The van der Waals surface area contributed by atoms with Crippen LogP contribution in [0.2, 0.25) is 0 Å². The number of hydrogen-bond acceptors (Lipinski definition) is 2. The van der Waals surface area contributed by atoms with E-state index in [2.05, 4.69) is 22.5 Å². The van der Waals surface area contributed by atoms with Crippen molar-refractivity contribution in [1.29, 1.82) is 0 Å². The number of nitrogens with zero attached hydrogens (tertiary/aromatic N) is 1. The summed E-state index contributed by atoms with van der Waals surface area (Å²) in [6.45, 7) is 5.29. The van der Waals surface area contributed by atoms with E-state index in [9.17, 15) is 9.18 Å². The largest absolute Gasteiger partial charge is 0.337 e. The SMILES string of the molecule is CCN1CCC[C@@H]1CNC(=O)NCc1cccc(F)c1. The van der Waals surface area contributed by atoms with Crippen molar-refractivity contribution in [2.24, 2.45) is 0 Å². The molecule has 20 heavy (non-hydrogen) atoms. The predicted molar refractivity (Wildman–Crippen MR) is 76.9 cm³/mol. The van der Waals surface area contributed by atoms with Gasteiger partial charge in [0, 0.05) is 19.1 Å². The Morgan fingerprint density at radius 1 is 1.45 bits per heavy atom. The maximum Gasteiger partial charge on any atom is 0.315 e. The first kappa shape index (κ1) is 14.8. The van der Waals surface area contributed by atoms with E-state index in [0.29, 0.717) is 19.1 Å². The second-order valence-electron chi connectivity index (χ2n) is 5.12. The van der Waals surface area contributed by atoms with Crippen LogP contribution in [0.25, 0.3) is 0 Å². The van der Waals surface area contributed by atoms with Gasteiger partial charge in [-0.3, -0.25) is 4.90 Å². The molecule has 4 nitrogen and oxygen atoms in total. The highest BCUT2D eigenvalue weighted by atomic mass is 19.1. The van der Waals surface area contributed by atoms with Crippen molar-refractivity contribution in [1.82, 2.24) is 15.5 Å². The van der Waals surface area contributed by atoms with Crippen molar-refractivity contribution in [3.8, 4) is 0 Å². The van der Waals surface area contributed by atoms with Crippen LogP contribution in [0.3, 0.4) is 0 Å². The molecule has 1 aliphatic rings. The van der Waals surface area contributed by atoms with Gasteiger partial charge in [0.1, 0.15) is 5.82 Å². The average molecular weight is 279 g/mol. The molecule has 1 heterocycles. The minimum absolute atomic E-state index is 0.197. The first-order valence-corrected chi connectivity index (χ1v) is 7.19. The van der Waals surface area contributed by atoms with Gasteiger partial charge in [0.2, 0.25) is 0 Å². The molecule has 1 atom stereocenters. The monoisotopic (exact) mass is 279 g/mol. The van der Waals surface area contributed by atoms with Crippen LogP contribution in [0.15, 0.2) is 24.3 Å². The van der Waals surface area contributed by atoms with Crippen LogP contribution >= 0.6 is 0 Å². The Kier molecular flexibility index (Phi) is 5.35. The van der Waals surface area contributed by atoms with Crippen LogP contribution in [0.4, 0.5) is 9.18 Å². The fraction of sp³-hybridized carbons (Fsp3) is 0.533. The molecule has 0 unspecified atom stereocenters. The van der Waals surface area contributed by atoms with Gasteiger partial charge in [0.15, 0.2) is 0 Å². The highest BCUT2D eigenvalue weighted by Crippen LogP contribution is 2.15. The molecule has 110 valence electrons. The quantitative estimate of drug-likeness (QED) is 0.867. The van der Waals surface area contributed by atoms with E-state index >= 15 is 0 Å². The van der Waals surface area contributed by atoms with Crippen molar-refractivity contribution in [3.05, 3.63) is 35.6 Å². The van der Waals surface area contributed by atoms with E-state index in [4.69, 9.17) is 0 Å². The highest BCUT2D eigenvalue weighted by molar-refractivity contribution is 5.73. The van der Waals surface area contributed by atoms with Crippen LogP contribution < -0.4 is 10.6 Å². The van der Waals surface area contributed by atoms with Gasteiger partial charge in [-0.15, -0.1) is 0 Å². The summed E-state index contributed by atoms with van der Waals surface area (Å²) in [7, 11) is 0. The predicted octanol–water partition coefficient (Wildman–Crippen LogP) is 2.11. The smallest absolute Gasteiger partial charge is 0.315 e. The highest BCUT2D eigenvalue weighted by Gasteiger charge is 2.22. The lowest BCUT2D eigenvalue weighted by atomic mass is 10.2. The molecule has 1 aromatic rings. The number of urea groups is 1. The fourth-order valence-electron chi connectivity index (χ4n) is 2.64. The topological polar surface area (TPSA) is 44.4 Å². The van der Waals surface area contributed by atoms with Crippen LogP contribution in [-0.2, 0) is 6.54 Å². The molecule has 0 aliphatic carbocycles. The maximum atomic E-state index is 13.0. The number of halogens is 1. The Morgan fingerprint density at radius 2 is 2.30 bits per heavy atom. The lowest BCUT2D eigenvalue weighted by Gasteiger charge is -2.22. The van der Waals surface area contributed by atoms with E-state index in [0.717, 1.165) is 25.1 Å². The fourth-order valence-corrected chi connectivity index (χ4v) is 2.64. The van der Waals surface area contributed by atoms with Crippen LogP contribution in [0.5, 0.6) is 0 Å². The van der Waals surface area contributed by atoms with Crippen LogP contribution in [0, 0.1) is 5.82 Å². The normalized spacial score (nSPS) is 19.0. The summed E-state index contributed by atoms with van der Waals surface area (Å²) >= 11 is 0. The minimum atomic E-state index is -0.283. The Bertz CT molecular complexity index is 452. The van der Waals surface area contributed by atoms with E-state index in [1.807, 2.05) is 0 Å². The first-order valence-electron chi connectivity index (χ1n) is 7.19. The second-order valence-corrected chi connectivity index (χ2v) is 5.12. The van der Waals surface area contributed by atoms with Crippen molar-refractivity contribution in [3.63, 3.8) is 0 Å². The molecule has 2 N–H and O–H groups in total. The van der Waals surface area contributed by atoms with Gasteiger partial charge in [-0.1, -0.05) is 19.1 Å². The standard InChI is InChI=1S/C15H22FN3O/c1-2-19-8-4-7-14(19)11-18-15(20)17-10-12-5-3-6-13(16)9-12/h3,5-6,9,14H,2,4,7-8,10-11H2,1H3,(H2,17,18,20)/t14-/m1/s1. The lowest BCUT2D eigenvalue weighted by molar-refractivity contribution is 0.228. The number of amides is 2. The summed E-state index contributed by atoms with van der Waals surface area (Å²) in [5, 5.41) is 5.64. The number of carbonyl (C=O) groups is 1. The molecule has 0 spiro atoms. The van der Waals surface area contributed by atoms with Gasteiger partial charge in [0.25, 0.3) is 0 Å². The minimum Gasteiger partial charge on any atom is -0.337 e. The maximum absolute atomic E-state index is 13.0. The van der Waals surface area contributed by atoms with Gasteiger partial charge in [0.05, 0.1) is 0 Å². The lowest BCUT2D eigenvalue weighted by Crippen LogP contribution is -2.43. The zero-order valence-electron chi connectivity index (χ0n) is 11.9. The number of likely N-dealkylation sites (tertiary alicyclic amines) is 1. The molecule has 5 heteroatoms. The van der Waals surface area contributed by atoms with Crippen molar-refractivity contribution >= 4 is 6.03 Å². The van der Waals surface area contributed by atoms with Crippen molar-refractivity contribution in [2.45, 2.75) is 32.4 Å². The summed E-state index contributed by atoms with van der Waals surface area (Å²) < 4.78 is 13.0. The van der Waals surface area contributed by atoms with Crippen LogP contribution in [-0.4, -0.2) is 36.6 Å². The Balaban J connectivity index is 1.70. The summed E-state index contributed by atoms with van der Waals surface area (Å²) in [5.74, 6) is -0.283. The molecule has 0 saturated carbocycles. The van der Waals surface area contributed by atoms with Gasteiger partial charge >= 0.3 is 6.03 Å². The number of likely N-dealkylation sites (N-methyl/N-ethyl adjacent to an activating group) is 1. The van der Waals surface area contributed by atoms with Crippen LogP contribution in [0.1, 0.15) is 25.3 Å². The molecule has 1 aliphatic heterocycles. The number of hydrogen-bond donors (Lipinski definition) is 2. The molecule has 1 fully saturated rings. The third kappa shape index (κ3) is 4.20. The summed E-state index contributed by atoms with van der Waals surface area (Å²) in [5.41, 5.74) is 0.760. The third-order valence-corrected chi connectivity index (χ3v) is 3.75. The van der Waals surface area contributed by atoms with Crippen molar-refractivity contribution < 1.29 is 9.18 Å². The Labute approximate surface area is 119 Å². The molecule has 1 aromatic carbocycles. The molecule has 0 radical (unpaired) electrons. The number of nitrogens with one attached hydrogen (secondary N) is 2. The molecular weight excluding hydrogens is 257 g/mol.